The SMILES string of the molecule is CCc1nn(CCCOC(=O)c2cccc(Br)c2)c2c1C(=O)NCC1(CCOCC1)C2. The third kappa shape index (κ3) is 4.85. The summed E-state index contributed by atoms with van der Waals surface area (Å²) in [6.45, 7) is 5.06. The molecule has 0 bridgehead atoms. The predicted molar refractivity (Wildman–Crippen MR) is 119 cm³/mol. The second kappa shape index (κ2) is 9.53. The molecular weight excluding hydrogens is 462 g/mol. The van der Waals surface area contributed by atoms with Crippen LogP contribution in [0.2, 0.25) is 0 Å². The van der Waals surface area contributed by atoms with Crippen molar-refractivity contribution in [3.05, 3.63) is 51.3 Å². The third-order valence-corrected chi connectivity index (χ3v) is 6.71. The van der Waals surface area contributed by atoms with Crippen molar-refractivity contribution in [3.8, 4) is 0 Å². The van der Waals surface area contributed by atoms with Crippen LogP contribution in [0.5, 0.6) is 0 Å². The molecule has 4 rings (SSSR count). The van der Waals surface area contributed by atoms with Crippen molar-refractivity contribution < 1.29 is 19.1 Å². The van der Waals surface area contributed by atoms with Gasteiger partial charge in [-0.15, -0.1) is 0 Å². The smallest absolute Gasteiger partial charge is 0.338 e. The maximum absolute atomic E-state index is 12.9. The average molecular weight is 490 g/mol. The number of benzene rings is 1. The summed E-state index contributed by atoms with van der Waals surface area (Å²) in [4.78, 5) is 25.1. The number of nitrogens with one attached hydrogen (secondary N) is 1. The van der Waals surface area contributed by atoms with Crippen LogP contribution in [0, 0.1) is 5.41 Å². The normalized spacial score (nSPS) is 17.7. The second-order valence-electron chi connectivity index (χ2n) is 8.32. The van der Waals surface area contributed by atoms with Crippen molar-refractivity contribution >= 4 is 27.8 Å². The zero-order valence-corrected chi connectivity index (χ0v) is 19.4. The van der Waals surface area contributed by atoms with E-state index in [1.54, 1.807) is 12.1 Å². The van der Waals surface area contributed by atoms with E-state index in [0.717, 1.165) is 53.9 Å². The van der Waals surface area contributed by atoms with E-state index in [9.17, 15) is 9.59 Å². The lowest BCUT2D eigenvalue weighted by Crippen LogP contribution is -2.40. The minimum atomic E-state index is -0.338. The lowest BCUT2D eigenvalue weighted by Gasteiger charge is -2.36. The van der Waals surface area contributed by atoms with Crippen molar-refractivity contribution in [1.29, 1.82) is 0 Å². The lowest BCUT2D eigenvalue weighted by molar-refractivity contribution is 0.0152. The maximum atomic E-state index is 12.9. The molecule has 1 fully saturated rings. The van der Waals surface area contributed by atoms with E-state index in [1.807, 2.05) is 23.7 Å². The molecular formula is C23H28BrN3O4. The first-order valence-corrected chi connectivity index (χ1v) is 11.7. The van der Waals surface area contributed by atoms with Crippen LogP contribution in [0.1, 0.15) is 58.3 Å². The molecule has 1 saturated heterocycles. The number of esters is 1. The monoisotopic (exact) mass is 489 g/mol. The minimum Gasteiger partial charge on any atom is -0.462 e. The first-order valence-electron chi connectivity index (χ1n) is 10.9. The quantitative estimate of drug-likeness (QED) is 0.495. The molecule has 1 aromatic carbocycles. The summed E-state index contributed by atoms with van der Waals surface area (Å²) in [7, 11) is 0. The van der Waals surface area contributed by atoms with Gasteiger partial charge < -0.3 is 14.8 Å². The molecule has 0 unspecified atom stereocenters. The van der Waals surface area contributed by atoms with E-state index in [-0.39, 0.29) is 17.3 Å². The number of fused-ring (bicyclic) bond motifs is 1. The van der Waals surface area contributed by atoms with Crippen LogP contribution in [0.15, 0.2) is 28.7 Å². The van der Waals surface area contributed by atoms with Gasteiger partial charge in [0.05, 0.1) is 29.1 Å². The number of rotatable bonds is 6. The summed E-state index contributed by atoms with van der Waals surface area (Å²) in [6.07, 6.45) is 4.02. The Morgan fingerprint density at radius 3 is 2.90 bits per heavy atom. The van der Waals surface area contributed by atoms with Crippen LogP contribution in [0.4, 0.5) is 0 Å². The summed E-state index contributed by atoms with van der Waals surface area (Å²) in [5.41, 5.74) is 3.12. The highest BCUT2D eigenvalue weighted by atomic mass is 79.9. The molecule has 0 saturated carbocycles. The van der Waals surface area contributed by atoms with E-state index in [4.69, 9.17) is 14.6 Å². The highest BCUT2D eigenvalue weighted by molar-refractivity contribution is 9.10. The molecule has 1 spiro atoms. The molecule has 31 heavy (non-hydrogen) atoms. The van der Waals surface area contributed by atoms with E-state index >= 15 is 0 Å². The number of amides is 1. The first-order chi connectivity index (χ1) is 15.0. The molecule has 2 aliphatic rings. The van der Waals surface area contributed by atoms with Gasteiger partial charge >= 0.3 is 5.97 Å². The van der Waals surface area contributed by atoms with Crippen molar-refractivity contribution in [2.75, 3.05) is 26.4 Å². The van der Waals surface area contributed by atoms with Crippen molar-refractivity contribution in [2.24, 2.45) is 5.41 Å². The number of hydrogen-bond donors (Lipinski definition) is 1. The van der Waals surface area contributed by atoms with E-state index in [1.165, 1.54) is 0 Å². The lowest BCUT2D eigenvalue weighted by atomic mass is 9.76. The molecule has 0 radical (unpaired) electrons. The van der Waals surface area contributed by atoms with Gasteiger partial charge in [-0.1, -0.05) is 28.9 Å². The van der Waals surface area contributed by atoms with Crippen LogP contribution in [-0.4, -0.2) is 48.0 Å². The van der Waals surface area contributed by atoms with E-state index < -0.39 is 0 Å². The van der Waals surface area contributed by atoms with Crippen molar-refractivity contribution in [2.45, 2.75) is 45.6 Å². The predicted octanol–water partition coefficient (Wildman–Crippen LogP) is 3.54. The number of carbonyl (C=O) groups excluding carboxylic acids is 2. The molecule has 1 amide bonds. The average Bonchev–Trinajstić information content (AvgIpc) is 3.05. The van der Waals surface area contributed by atoms with Gasteiger partial charge in [-0.2, -0.15) is 5.10 Å². The van der Waals surface area contributed by atoms with E-state index in [2.05, 4.69) is 21.2 Å². The Hall–Kier alpha value is -2.19. The fourth-order valence-corrected chi connectivity index (χ4v) is 4.83. The Bertz CT molecular complexity index is 966. The number of hydrogen-bond acceptors (Lipinski definition) is 5. The molecule has 1 aromatic heterocycles. The van der Waals surface area contributed by atoms with Crippen LogP contribution in [0.3, 0.4) is 0 Å². The molecule has 0 atom stereocenters. The summed E-state index contributed by atoms with van der Waals surface area (Å²) in [5.74, 6) is -0.363. The molecule has 3 heterocycles. The fraction of sp³-hybridized carbons (Fsp3) is 0.522. The van der Waals surface area contributed by atoms with Crippen molar-refractivity contribution in [1.82, 2.24) is 15.1 Å². The van der Waals surface area contributed by atoms with Gasteiger partial charge in [-0.05, 0) is 49.3 Å². The summed E-state index contributed by atoms with van der Waals surface area (Å²) in [5, 5.41) is 7.88. The largest absolute Gasteiger partial charge is 0.462 e. The van der Waals surface area contributed by atoms with E-state index in [0.29, 0.717) is 38.1 Å². The Kier molecular flexibility index (Phi) is 6.77. The van der Waals surface area contributed by atoms with Gasteiger partial charge in [0, 0.05) is 37.2 Å². The number of aryl methyl sites for hydroxylation is 2. The maximum Gasteiger partial charge on any atom is 0.338 e. The third-order valence-electron chi connectivity index (χ3n) is 6.22. The van der Waals surface area contributed by atoms with Crippen LogP contribution in [0.25, 0.3) is 0 Å². The molecule has 2 aromatic rings. The van der Waals surface area contributed by atoms with Crippen LogP contribution in [-0.2, 0) is 28.9 Å². The zero-order valence-electron chi connectivity index (χ0n) is 17.8. The number of carbonyl (C=O) groups is 2. The van der Waals surface area contributed by atoms with Gasteiger partial charge in [-0.3, -0.25) is 9.48 Å². The van der Waals surface area contributed by atoms with Crippen molar-refractivity contribution in [3.63, 3.8) is 0 Å². The molecule has 2 aliphatic heterocycles. The number of nitrogens with zero attached hydrogens (tertiary/aromatic N) is 2. The standard InChI is InChI=1S/C23H28BrN3O4/c1-2-18-20-19(14-23(15-25-21(20)28)7-11-30-12-8-23)27(26-18)9-4-10-31-22(29)16-5-3-6-17(24)13-16/h3,5-6,13H,2,4,7-12,14-15H2,1H3,(H,25,28). The number of halogens is 1. The second-order valence-corrected chi connectivity index (χ2v) is 9.23. The fourth-order valence-electron chi connectivity index (χ4n) is 4.44. The minimum absolute atomic E-state index is 0.0229. The molecule has 7 nitrogen and oxygen atoms in total. The van der Waals surface area contributed by atoms with Gasteiger partial charge in [0.25, 0.3) is 5.91 Å². The van der Waals surface area contributed by atoms with Gasteiger partial charge in [-0.25, -0.2) is 4.79 Å². The number of ether oxygens (including phenoxy) is 2. The van der Waals surface area contributed by atoms with Crippen LogP contribution < -0.4 is 5.32 Å². The Morgan fingerprint density at radius 1 is 1.35 bits per heavy atom. The summed E-state index contributed by atoms with van der Waals surface area (Å²) in [6, 6.07) is 7.16. The Labute approximate surface area is 190 Å². The molecule has 8 heteroatoms. The van der Waals surface area contributed by atoms with Gasteiger partial charge in [0.15, 0.2) is 0 Å². The Morgan fingerprint density at radius 2 is 2.16 bits per heavy atom. The topological polar surface area (TPSA) is 82.5 Å². The molecule has 0 aliphatic carbocycles. The Balaban J connectivity index is 1.45. The summed E-state index contributed by atoms with van der Waals surface area (Å²) < 4.78 is 13.8. The summed E-state index contributed by atoms with van der Waals surface area (Å²) >= 11 is 3.37. The number of aromatic nitrogens is 2. The highest BCUT2D eigenvalue weighted by Crippen LogP contribution is 2.37. The highest BCUT2D eigenvalue weighted by Gasteiger charge is 2.39. The molecule has 1 N–H and O–H groups in total. The van der Waals surface area contributed by atoms with Gasteiger partial charge in [0.1, 0.15) is 0 Å². The first kappa shape index (κ1) is 22.0. The zero-order chi connectivity index (χ0) is 21.8. The van der Waals surface area contributed by atoms with Crippen LogP contribution >= 0.6 is 15.9 Å². The molecule has 166 valence electrons. The van der Waals surface area contributed by atoms with Gasteiger partial charge in [0.2, 0.25) is 0 Å².